The number of benzene rings is 2. The summed E-state index contributed by atoms with van der Waals surface area (Å²) in [5.74, 6) is 0.132. The summed E-state index contributed by atoms with van der Waals surface area (Å²) in [7, 11) is 0. The highest BCUT2D eigenvalue weighted by molar-refractivity contribution is 5.94. The fraction of sp³-hybridized carbons (Fsp3) is 0.350. The van der Waals surface area contributed by atoms with Gasteiger partial charge in [-0.05, 0) is 35.7 Å². The minimum atomic E-state index is -0.00202. The number of carbonyl (C=O) groups is 1. The van der Waals surface area contributed by atoms with E-state index in [0.717, 1.165) is 45.7 Å². The first-order valence-electron chi connectivity index (χ1n) is 8.86. The molecule has 0 spiro atoms. The molecule has 0 radical (unpaired) electrons. The number of amides is 1. The quantitative estimate of drug-likeness (QED) is 0.902. The van der Waals surface area contributed by atoms with Crippen LogP contribution in [0.4, 0.5) is 5.69 Å². The molecule has 0 saturated carbocycles. The first kappa shape index (κ1) is 16.0. The van der Waals surface area contributed by atoms with Gasteiger partial charge in [0.05, 0.1) is 0 Å². The minimum absolute atomic E-state index is 0.00202. The van der Waals surface area contributed by atoms with Gasteiger partial charge in [-0.1, -0.05) is 24.3 Å². The van der Waals surface area contributed by atoms with E-state index in [9.17, 15) is 9.90 Å². The molecule has 5 heteroatoms. The number of phenolic OH excluding ortho intramolecular Hbond substituents is 1. The van der Waals surface area contributed by atoms with Gasteiger partial charge in [0.25, 0.3) is 5.91 Å². The number of carbonyl (C=O) groups excluding carboxylic acids is 1. The van der Waals surface area contributed by atoms with Crippen LogP contribution in [0.2, 0.25) is 0 Å². The van der Waals surface area contributed by atoms with Crippen molar-refractivity contribution in [1.82, 2.24) is 9.80 Å². The van der Waals surface area contributed by atoms with Crippen LogP contribution in [0.3, 0.4) is 0 Å². The fourth-order valence-corrected chi connectivity index (χ4v) is 3.71. The highest BCUT2D eigenvalue weighted by Crippen LogP contribution is 2.27. The van der Waals surface area contributed by atoms with Gasteiger partial charge in [0.2, 0.25) is 0 Å². The summed E-state index contributed by atoms with van der Waals surface area (Å²) in [4.78, 5) is 16.8. The van der Waals surface area contributed by atoms with E-state index in [4.69, 9.17) is 0 Å². The molecule has 130 valence electrons. The molecule has 5 nitrogen and oxygen atoms in total. The molecule has 0 atom stereocenters. The summed E-state index contributed by atoms with van der Waals surface area (Å²) in [6.07, 6.45) is 1.11. The van der Waals surface area contributed by atoms with Gasteiger partial charge in [-0.3, -0.25) is 9.69 Å². The largest absolute Gasteiger partial charge is 0.508 e. The van der Waals surface area contributed by atoms with Crippen LogP contribution >= 0.6 is 0 Å². The van der Waals surface area contributed by atoms with E-state index in [1.54, 1.807) is 18.2 Å². The molecule has 0 aromatic heterocycles. The second-order valence-corrected chi connectivity index (χ2v) is 6.75. The number of hydrogen-bond donors (Lipinski definition) is 2. The van der Waals surface area contributed by atoms with Crippen LogP contribution in [0, 0.1) is 0 Å². The average molecular weight is 337 g/mol. The van der Waals surface area contributed by atoms with Crippen LogP contribution in [-0.2, 0) is 13.0 Å². The van der Waals surface area contributed by atoms with Gasteiger partial charge in [0.1, 0.15) is 5.75 Å². The SMILES string of the molecule is O=C(c1cccc(O)c1)N1CCN(Cc2cccc3c2NCC3)CC1. The Kier molecular flexibility index (Phi) is 4.32. The monoisotopic (exact) mass is 337 g/mol. The lowest BCUT2D eigenvalue weighted by Gasteiger charge is -2.35. The van der Waals surface area contributed by atoms with Crippen LogP contribution in [0.15, 0.2) is 42.5 Å². The molecule has 0 aliphatic carbocycles. The fourth-order valence-electron chi connectivity index (χ4n) is 3.71. The Morgan fingerprint density at radius 1 is 1.08 bits per heavy atom. The Labute approximate surface area is 147 Å². The number of piperazine rings is 1. The van der Waals surface area contributed by atoms with Gasteiger partial charge in [-0.2, -0.15) is 0 Å². The van der Waals surface area contributed by atoms with Crippen molar-refractivity contribution in [3.05, 3.63) is 59.2 Å². The van der Waals surface area contributed by atoms with Crippen LogP contribution in [0.1, 0.15) is 21.5 Å². The third-order valence-electron chi connectivity index (χ3n) is 5.08. The lowest BCUT2D eigenvalue weighted by atomic mass is 10.1. The number of nitrogens with one attached hydrogen (secondary N) is 1. The van der Waals surface area contributed by atoms with Crippen molar-refractivity contribution in [2.45, 2.75) is 13.0 Å². The van der Waals surface area contributed by atoms with Crippen LogP contribution in [0.5, 0.6) is 5.75 Å². The number of rotatable bonds is 3. The molecule has 2 aromatic carbocycles. The Hall–Kier alpha value is -2.53. The second-order valence-electron chi connectivity index (χ2n) is 6.75. The van der Waals surface area contributed by atoms with E-state index >= 15 is 0 Å². The molecule has 1 saturated heterocycles. The van der Waals surface area contributed by atoms with Crippen molar-refractivity contribution in [2.24, 2.45) is 0 Å². The third kappa shape index (κ3) is 3.33. The van der Waals surface area contributed by atoms with E-state index in [1.807, 2.05) is 4.90 Å². The molecule has 1 amide bonds. The van der Waals surface area contributed by atoms with Gasteiger partial charge >= 0.3 is 0 Å². The Morgan fingerprint density at radius 3 is 2.68 bits per heavy atom. The Bertz CT molecular complexity index is 782. The first-order chi connectivity index (χ1) is 12.2. The number of hydrogen-bond acceptors (Lipinski definition) is 4. The molecule has 2 heterocycles. The molecule has 25 heavy (non-hydrogen) atoms. The number of anilines is 1. The topological polar surface area (TPSA) is 55.8 Å². The molecule has 2 aromatic rings. The molecule has 0 unspecified atom stereocenters. The van der Waals surface area contributed by atoms with Gasteiger partial charge in [0.15, 0.2) is 0 Å². The second kappa shape index (κ2) is 6.76. The lowest BCUT2D eigenvalue weighted by Crippen LogP contribution is -2.48. The lowest BCUT2D eigenvalue weighted by molar-refractivity contribution is 0.0628. The summed E-state index contributed by atoms with van der Waals surface area (Å²) < 4.78 is 0. The van der Waals surface area contributed by atoms with E-state index in [2.05, 4.69) is 28.4 Å². The molecule has 2 aliphatic heterocycles. The highest BCUT2D eigenvalue weighted by atomic mass is 16.3. The number of fused-ring (bicyclic) bond motifs is 1. The van der Waals surface area contributed by atoms with Crippen molar-refractivity contribution < 1.29 is 9.90 Å². The zero-order chi connectivity index (χ0) is 17.2. The predicted molar refractivity (Wildman–Crippen MR) is 97.9 cm³/mol. The van der Waals surface area contributed by atoms with E-state index in [-0.39, 0.29) is 11.7 Å². The van der Waals surface area contributed by atoms with Gasteiger partial charge < -0.3 is 15.3 Å². The van der Waals surface area contributed by atoms with Gasteiger partial charge in [-0.15, -0.1) is 0 Å². The predicted octanol–water partition coefficient (Wildman–Crippen LogP) is 2.32. The van der Waals surface area contributed by atoms with Crippen molar-refractivity contribution in [3.63, 3.8) is 0 Å². The van der Waals surface area contributed by atoms with Crippen molar-refractivity contribution >= 4 is 11.6 Å². The maximum Gasteiger partial charge on any atom is 0.254 e. The summed E-state index contributed by atoms with van der Waals surface area (Å²) >= 11 is 0. The summed E-state index contributed by atoms with van der Waals surface area (Å²) in [5.41, 5.74) is 4.62. The van der Waals surface area contributed by atoms with Crippen molar-refractivity contribution in [2.75, 3.05) is 38.0 Å². The summed E-state index contributed by atoms with van der Waals surface area (Å²) in [6, 6.07) is 13.1. The number of para-hydroxylation sites is 1. The standard InChI is InChI=1S/C20H23N3O2/c24-18-6-2-4-16(13-18)20(25)23-11-9-22(10-12-23)14-17-5-1-3-15-7-8-21-19(15)17/h1-6,13,21,24H,7-12,14H2. The van der Waals surface area contributed by atoms with Crippen molar-refractivity contribution in [1.29, 1.82) is 0 Å². The van der Waals surface area contributed by atoms with E-state index in [1.165, 1.54) is 22.9 Å². The molecule has 0 bridgehead atoms. The number of phenols is 1. The summed E-state index contributed by atoms with van der Waals surface area (Å²) in [5, 5.41) is 13.1. The van der Waals surface area contributed by atoms with Crippen LogP contribution < -0.4 is 5.32 Å². The zero-order valence-corrected chi connectivity index (χ0v) is 14.2. The molecule has 1 fully saturated rings. The number of aromatic hydroxyl groups is 1. The van der Waals surface area contributed by atoms with Crippen LogP contribution in [-0.4, -0.2) is 53.5 Å². The molecule has 2 N–H and O–H groups in total. The Morgan fingerprint density at radius 2 is 1.88 bits per heavy atom. The summed E-state index contributed by atoms with van der Waals surface area (Å²) in [6.45, 7) is 5.12. The molecule has 2 aliphatic rings. The zero-order valence-electron chi connectivity index (χ0n) is 14.2. The van der Waals surface area contributed by atoms with Gasteiger partial charge in [0, 0.05) is 50.5 Å². The molecular weight excluding hydrogens is 314 g/mol. The van der Waals surface area contributed by atoms with Gasteiger partial charge in [-0.25, -0.2) is 0 Å². The third-order valence-corrected chi connectivity index (χ3v) is 5.08. The molecular formula is C20H23N3O2. The molecule has 4 rings (SSSR count). The van der Waals surface area contributed by atoms with E-state index in [0.29, 0.717) is 5.56 Å². The highest BCUT2D eigenvalue weighted by Gasteiger charge is 2.23. The minimum Gasteiger partial charge on any atom is -0.508 e. The van der Waals surface area contributed by atoms with Crippen molar-refractivity contribution in [3.8, 4) is 5.75 Å². The maximum absolute atomic E-state index is 12.6. The van der Waals surface area contributed by atoms with Crippen LogP contribution in [0.25, 0.3) is 0 Å². The average Bonchev–Trinajstić information content (AvgIpc) is 3.12. The number of nitrogens with zero attached hydrogens (tertiary/aromatic N) is 2. The normalized spacial score (nSPS) is 17.2. The smallest absolute Gasteiger partial charge is 0.254 e. The maximum atomic E-state index is 12.6. The first-order valence-corrected chi connectivity index (χ1v) is 8.86. The Balaban J connectivity index is 1.37. The van der Waals surface area contributed by atoms with E-state index < -0.39 is 0 Å².